The molecule has 1 N–H and O–H groups in total. The number of aromatic nitrogens is 1. The third kappa shape index (κ3) is 2.53. The average Bonchev–Trinajstić information content (AvgIpc) is 2.65. The number of nitrogens with zero attached hydrogens (tertiary/aromatic N) is 1. The summed E-state index contributed by atoms with van der Waals surface area (Å²) in [4.78, 5) is 4.41. The number of ether oxygens (including phenoxy) is 1. The van der Waals surface area contributed by atoms with Gasteiger partial charge in [-0.15, -0.1) is 11.3 Å². The van der Waals surface area contributed by atoms with E-state index in [0.717, 1.165) is 8.62 Å². The Morgan fingerprint density at radius 2 is 2.00 bits per heavy atom. The molecule has 2 rings (SSSR count). The van der Waals surface area contributed by atoms with Gasteiger partial charge in [0.1, 0.15) is 13.6 Å². The molecule has 3 nitrogen and oxygen atoms in total. The molecule has 0 amide bonds. The lowest BCUT2D eigenvalue weighted by Crippen LogP contribution is -2.40. The Bertz CT molecular complexity index is 619. The standard InChI is InChI=1S/C13H15BBrNO2S/c1-12(2,3)13(14,17)8-5-7(18-4)6-9-10(8)16-11(15)19-9/h5-6,17H,1-4H3. The first-order valence-corrected chi connectivity index (χ1v) is 7.43. The molecule has 0 spiro atoms. The van der Waals surface area contributed by atoms with Crippen LogP contribution in [0.5, 0.6) is 5.75 Å². The van der Waals surface area contributed by atoms with E-state index in [1.54, 1.807) is 13.2 Å². The summed E-state index contributed by atoms with van der Waals surface area (Å²) in [7, 11) is 7.75. The highest BCUT2D eigenvalue weighted by molar-refractivity contribution is 9.11. The van der Waals surface area contributed by atoms with Crippen molar-refractivity contribution < 1.29 is 9.84 Å². The molecule has 0 saturated heterocycles. The van der Waals surface area contributed by atoms with Gasteiger partial charge in [-0.2, -0.15) is 0 Å². The van der Waals surface area contributed by atoms with Gasteiger partial charge in [-0.25, -0.2) is 4.98 Å². The van der Waals surface area contributed by atoms with Crippen molar-refractivity contribution in [3.63, 3.8) is 0 Å². The van der Waals surface area contributed by atoms with Crippen molar-refractivity contribution in [3.05, 3.63) is 21.6 Å². The molecule has 2 aromatic rings. The van der Waals surface area contributed by atoms with Crippen LogP contribution in [0.1, 0.15) is 26.3 Å². The van der Waals surface area contributed by atoms with Crippen molar-refractivity contribution >= 4 is 45.3 Å². The molecular formula is C13H15BBrNO2S. The number of rotatable bonds is 2. The third-order valence-electron chi connectivity index (χ3n) is 3.23. The first-order chi connectivity index (χ1) is 8.66. The zero-order valence-electron chi connectivity index (χ0n) is 11.3. The summed E-state index contributed by atoms with van der Waals surface area (Å²) in [6.45, 7) is 5.67. The predicted molar refractivity (Wildman–Crippen MR) is 83.0 cm³/mol. The van der Waals surface area contributed by atoms with Gasteiger partial charge < -0.3 is 9.84 Å². The smallest absolute Gasteiger partial charge is 0.160 e. The Hall–Kier alpha value is -0.585. The Morgan fingerprint density at radius 3 is 2.53 bits per heavy atom. The normalized spacial score (nSPS) is 15.5. The lowest BCUT2D eigenvalue weighted by molar-refractivity contribution is 0.0167. The monoisotopic (exact) mass is 339 g/mol. The number of thiazole rings is 1. The van der Waals surface area contributed by atoms with Crippen LogP contribution in [0.2, 0.25) is 0 Å². The van der Waals surface area contributed by atoms with E-state index in [4.69, 9.17) is 12.6 Å². The second-order valence-electron chi connectivity index (χ2n) is 5.50. The molecule has 0 aliphatic carbocycles. The minimum absolute atomic E-state index is 0.525. The summed E-state index contributed by atoms with van der Waals surface area (Å²) in [5, 5.41) is 10.7. The van der Waals surface area contributed by atoms with E-state index in [9.17, 15) is 5.11 Å². The maximum Gasteiger partial charge on any atom is 0.160 e. The zero-order chi connectivity index (χ0) is 14.4. The van der Waals surface area contributed by atoms with Crippen LogP contribution >= 0.6 is 27.3 Å². The molecule has 1 heterocycles. The maximum absolute atomic E-state index is 10.7. The van der Waals surface area contributed by atoms with Gasteiger partial charge in [0.05, 0.1) is 22.8 Å². The van der Waals surface area contributed by atoms with Crippen LogP contribution in [0.25, 0.3) is 10.2 Å². The first-order valence-electron chi connectivity index (χ1n) is 5.82. The van der Waals surface area contributed by atoms with Crippen LogP contribution in [0.3, 0.4) is 0 Å². The number of hydrogen-bond acceptors (Lipinski definition) is 4. The predicted octanol–water partition coefficient (Wildman–Crippen LogP) is 3.43. The van der Waals surface area contributed by atoms with E-state index in [0.29, 0.717) is 16.8 Å². The number of benzene rings is 1. The minimum atomic E-state index is -1.49. The van der Waals surface area contributed by atoms with Crippen LogP contribution in [0.4, 0.5) is 0 Å². The quantitative estimate of drug-likeness (QED) is 0.852. The van der Waals surface area contributed by atoms with Crippen molar-refractivity contribution in [1.29, 1.82) is 0 Å². The molecule has 1 aromatic carbocycles. The largest absolute Gasteiger partial charge is 0.497 e. The summed E-state index contributed by atoms with van der Waals surface area (Å²) in [5.41, 5.74) is -0.732. The second kappa shape index (κ2) is 4.75. The van der Waals surface area contributed by atoms with Gasteiger partial charge >= 0.3 is 0 Å². The molecule has 0 saturated carbocycles. The molecule has 19 heavy (non-hydrogen) atoms. The van der Waals surface area contributed by atoms with Gasteiger partial charge in [0, 0.05) is 5.56 Å². The van der Waals surface area contributed by atoms with Crippen LogP contribution in [-0.4, -0.2) is 25.0 Å². The van der Waals surface area contributed by atoms with Crippen molar-refractivity contribution in [1.82, 2.24) is 4.98 Å². The highest BCUT2D eigenvalue weighted by Crippen LogP contribution is 2.42. The Kier molecular flexibility index (Phi) is 3.71. The van der Waals surface area contributed by atoms with E-state index >= 15 is 0 Å². The highest BCUT2D eigenvalue weighted by Gasteiger charge is 2.38. The second-order valence-corrected chi connectivity index (χ2v) is 7.81. The van der Waals surface area contributed by atoms with E-state index in [1.807, 2.05) is 26.8 Å². The molecule has 0 fully saturated rings. The summed E-state index contributed by atoms with van der Waals surface area (Å²) in [5.74, 6) is 0.659. The van der Waals surface area contributed by atoms with Crippen molar-refractivity contribution in [2.24, 2.45) is 5.41 Å². The van der Waals surface area contributed by atoms with Crippen molar-refractivity contribution in [3.8, 4) is 5.75 Å². The number of fused-ring (bicyclic) bond motifs is 1. The fraction of sp³-hybridized carbons (Fsp3) is 0.462. The van der Waals surface area contributed by atoms with Crippen molar-refractivity contribution in [2.45, 2.75) is 26.3 Å². The van der Waals surface area contributed by atoms with E-state index < -0.39 is 10.9 Å². The summed E-state index contributed by atoms with van der Waals surface area (Å²) in [6, 6.07) is 3.64. The molecule has 1 unspecified atom stereocenters. The van der Waals surface area contributed by atoms with Crippen LogP contribution in [-0.2, 0) is 5.50 Å². The lowest BCUT2D eigenvalue weighted by Gasteiger charge is -2.38. The van der Waals surface area contributed by atoms with E-state index in [2.05, 4.69) is 20.9 Å². The van der Waals surface area contributed by atoms with Crippen LogP contribution < -0.4 is 4.74 Å². The number of halogens is 1. The number of aliphatic hydroxyl groups is 1. The number of hydrogen-bond donors (Lipinski definition) is 1. The Labute approximate surface area is 126 Å². The van der Waals surface area contributed by atoms with E-state index in [-0.39, 0.29) is 0 Å². The fourth-order valence-electron chi connectivity index (χ4n) is 1.79. The maximum atomic E-state index is 10.7. The van der Waals surface area contributed by atoms with Gasteiger partial charge in [-0.3, -0.25) is 0 Å². The molecule has 100 valence electrons. The Morgan fingerprint density at radius 1 is 1.37 bits per heavy atom. The zero-order valence-corrected chi connectivity index (χ0v) is 13.7. The molecule has 1 aromatic heterocycles. The molecule has 0 bridgehead atoms. The SMILES string of the molecule is [B]C(O)(c1cc(OC)cc2sc(Br)nc12)C(C)(C)C. The van der Waals surface area contributed by atoms with Crippen LogP contribution in [0.15, 0.2) is 16.0 Å². The first kappa shape index (κ1) is 14.8. The highest BCUT2D eigenvalue weighted by atomic mass is 79.9. The van der Waals surface area contributed by atoms with Gasteiger partial charge in [0.25, 0.3) is 0 Å². The lowest BCUT2D eigenvalue weighted by atomic mass is 9.60. The molecule has 6 heteroatoms. The Balaban J connectivity index is 2.77. The van der Waals surface area contributed by atoms with Crippen LogP contribution in [0, 0.1) is 5.41 Å². The van der Waals surface area contributed by atoms with Gasteiger partial charge in [-0.1, -0.05) is 20.8 Å². The molecule has 1 atom stereocenters. The summed E-state index contributed by atoms with van der Waals surface area (Å²) in [6.07, 6.45) is 0. The molecule has 2 radical (unpaired) electrons. The van der Waals surface area contributed by atoms with Gasteiger partial charge in [-0.05, 0) is 33.5 Å². The molecule has 0 aliphatic rings. The van der Waals surface area contributed by atoms with Crippen molar-refractivity contribution in [2.75, 3.05) is 7.11 Å². The third-order valence-corrected chi connectivity index (χ3v) is 4.69. The molecular weight excluding hydrogens is 325 g/mol. The summed E-state index contributed by atoms with van der Waals surface area (Å²) >= 11 is 4.85. The fourth-order valence-corrected chi connectivity index (χ4v) is 3.24. The van der Waals surface area contributed by atoms with E-state index in [1.165, 1.54) is 11.3 Å². The minimum Gasteiger partial charge on any atom is -0.497 e. The topological polar surface area (TPSA) is 42.4 Å². The average molecular weight is 340 g/mol. The van der Waals surface area contributed by atoms with Gasteiger partial charge in [0.15, 0.2) is 3.92 Å². The molecule has 0 aliphatic heterocycles. The number of methoxy groups -OCH3 is 1. The summed E-state index contributed by atoms with van der Waals surface area (Å²) < 4.78 is 6.95. The van der Waals surface area contributed by atoms with Gasteiger partial charge in [0.2, 0.25) is 0 Å².